The van der Waals surface area contributed by atoms with E-state index in [0.29, 0.717) is 17.9 Å². The number of amides is 1. The monoisotopic (exact) mass is 277 g/mol. The number of carbonyl (C=O) groups is 1. The highest BCUT2D eigenvalue weighted by molar-refractivity contribution is 5.78. The standard InChI is InChI=1S/C16H20FNO2/c17-14-6-2-1-4-12(14)5-3-7-16(20)18-15(10-11-19)13-8-9-13/h1-6,13,15,19H,7-11H2,(H,18,20)/b5-3+. The number of rotatable bonds is 7. The van der Waals surface area contributed by atoms with Crippen molar-refractivity contribution in [3.63, 3.8) is 0 Å². The third-order valence-corrected chi connectivity index (χ3v) is 3.48. The van der Waals surface area contributed by atoms with Crippen LogP contribution in [0.4, 0.5) is 4.39 Å². The van der Waals surface area contributed by atoms with Gasteiger partial charge in [-0.2, -0.15) is 0 Å². The second kappa shape index (κ2) is 7.20. The van der Waals surface area contributed by atoms with Crippen molar-refractivity contribution in [1.82, 2.24) is 5.32 Å². The molecule has 1 aromatic carbocycles. The number of carbonyl (C=O) groups excluding carboxylic acids is 1. The lowest BCUT2D eigenvalue weighted by Gasteiger charge is -2.16. The first-order chi connectivity index (χ1) is 9.70. The SMILES string of the molecule is O=C(C/C=C/c1ccccc1F)NC(CCO)C1CC1. The molecule has 0 aromatic heterocycles. The molecule has 108 valence electrons. The maximum absolute atomic E-state index is 13.4. The van der Waals surface area contributed by atoms with Gasteiger partial charge in [0.25, 0.3) is 0 Å². The second-order valence-corrected chi connectivity index (χ2v) is 5.15. The van der Waals surface area contributed by atoms with Crippen LogP contribution in [0.1, 0.15) is 31.2 Å². The largest absolute Gasteiger partial charge is 0.396 e. The van der Waals surface area contributed by atoms with Crippen LogP contribution in [-0.4, -0.2) is 23.7 Å². The molecule has 0 bridgehead atoms. The van der Waals surface area contributed by atoms with Crippen molar-refractivity contribution in [1.29, 1.82) is 0 Å². The van der Waals surface area contributed by atoms with Crippen LogP contribution in [0, 0.1) is 11.7 Å². The first kappa shape index (κ1) is 14.7. The highest BCUT2D eigenvalue weighted by atomic mass is 19.1. The van der Waals surface area contributed by atoms with Crippen LogP contribution in [0.5, 0.6) is 0 Å². The van der Waals surface area contributed by atoms with Gasteiger partial charge in [-0.1, -0.05) is 30.4 Å². The molecule has 1 atom stereocenters. The predicted octanol–water partition coefficient (Wildman–Crippen LogP) is 2.51. The molecule has 0 heterocycles. The maximum atomic E-state index is 13.4. The molecule has 2 N–H and O–H groups in total. The summed E-state index contributed by atoms with van der Waals surface area (Å²) in [6.45, 7) is 0.0898. The van der Waals surface area contributed by atoms with Gasteiger partial charge in [0.1, 0.15) is 5.82 Å². The van der Waals surface area contributed by atoms with E-state index in [-0.39, 0.29) is 30.8 Å². The summed E-state index contributed by atoms with van der Waals surface area (Å²) in [6.07, 6.45) is 6.35. The topological polar surface area (TPSA) is 49.3 Å². The summed E-state index contributed by atoms with van der Waals surface area (Å²) in [7, 11) is 0. The Kier molecular flexibility index (Phi) is 5.30. The zero-order chi connectivity index (χ0) is 14.4. The molecule has 20 heavy (non-hydrogen) atoms. The summed E-state index contributed by atoms with van der Waals surface area (Å²) in [6, 6.07) is 6.53. The minimum atomic E-state index is -0.291. The zero-order valence-electron chi connectivity index (χ0n) is 11.4. The fourth-order valence-electron chi connectivity index (χ4n) is 2.23. The smallest absolute Gasteiger partial charge is 0.224 e. The van der Waals surface area contributed by atoms with E-state index in [2.05, 4.69) is 5.32 Å². The van der Waals surface area contributed by atoms with E-state index >= 15 is 0 Å². The Hall–Kier alpha value is -1.68. The molecule has 0 saturated heterocycles. The van der Waals surface area contributed by atoms with Gasteiger partial charge in [-0.25, -0.2) is 4.39 Å². The molecule has 1 aromatic rings. The van der Waals surface area contributed by atoms with Gasteiger partial charge in [-0.3, -0.25) is 4.79 Å². The van der Waals surface area contributed by atoms with Gasteiger partial charge in [0.15, 0.2) is 0 Å². The Morgan fingerprint density at radius 2 is 2.20 bits per heavy atom. The summed E-state index contributed by atoms with van der Waals surface area (Å²) in [5, 5.41) is 11.9. The third-order valence-electron chi connectivity index (χ3n) is 3.48. The average Bonchev–Trinajstić information content (AvgIpc) is 3.25. The van der Waals surface area contributed by atoms with Crippen molar-refractivity contribution in [2.45, 2.75) is 31.7 Å². The molecule has 1 amide bonds. The van der Waals surface area contributed by atoms with Gasteiger partial charge in [0.2, 0.25) is 5.91 Å². The molecule has 0 aliphatic heterocycles. The second-order valence-electron chi connectivity index (χ2n) is 5.15. The van der Waals surface area contributed by atoms with Crippen LogP contribution in [0.25, 0.3) is 6.08 Å². The van der Waals surface area contributed by atoms with Crippen molar-refractivity contribution in [3.05, 3.63) is 41.7 Å². The molecule has 0 spiro atoms. The fraction of sp³-hybridized carbons (Fsp3) is 0.438. The molecule has 2 rings (SSSR count). The van der Waals surface area contributed by atoms with E-state index < -0.39 is 0 Å². The van der Waals surface area contributed by atoms with Crippen LogP contribution < -0.4 is 5.32 Å². The molecule has 1 aliphatic rings. The summed E-state index contributed by atoms with van der Waals surface area (Å²) in [5.74, 6) is 0.143. The van der Waals surface area contributed by atoms with Crippen LogP contribution in [0.2, 0.25) is 0 Å². The van der Waals surface area contributed by atoms with Gasteiger partial charge >= 0.3 is 0 Å². The first-order valence-corrected chi connectivity index (χ1v) is 7.02. The quantitative estimate of drug-likeness (QED) is 0.804. The normalized spacial score (nSPS) is 16.3. The number of benzene rings is 1. The van der Waals surface area contributed by atoms with Crippen LogP contribution in [0.3, 0.4) is 0 Å². The van der Waals surface area contributed by atoms with Crippen molar-refractivity contribution < 1.29 is 14.3 Å². The summed E-state index contributed by atoms with van der Waals surface area (Å²) >= 11 is 0. The molecule has 4 heteroatoms. The minimum absolute atomic E-state index is 0.0781. The maximum Gasteiger partial charge on any atom is 0.224 e. The van der Waals surface area contributed by atoms with E-state index in [4.69, 9.17) is 5.11 Å². The lowest BCUT2D eigenvalue weighted by molar-refractivity contribution is -0.121. The number of hydrogen-bond donors (Lipinski definition) is 2. The molecule has 0 radical (unpaired) electrons. The van der Waals surface area contributed by atoms with Gasteiger partial charge in [-0.15, -0.1) is 0 Å². The summed E-state index contributed by atoms with van der Waals surface area (Å²) in [5.41, 5.74) is 0.481. The number of aliphatic hydroxyl groups is 1. The highest BCUT2D eigenvalue weighted by Crippen LogP contribution is 2.33. The van der Waals surface area contributed by atoms with E-state index in [1.54, 1.807) is 30.4 Å². The average molecular weight is 277 g/mol. The van der Waals surface area contributed by atoms with Gasteiger partial charge in [0, 0.05) is 24.6 Å². The zero-order valence-corrected chi connectivity index (χ0v) is 11.4. The van der Waals surface area contributed by atoms with Crippen molar-refractivity contribution >= 4 is 12.0 Å². The summed E-state index contributed by atoms with van der Waals surface area (Å²) in [4.78, 5) is 11.8. The Morgan fingerprint density at radius 3 is 2.85 bits per heavy atom. The molecular weight excluding hydrogens is 257 g/mol. The van der Waals surface area contributed by atoms with Crippen molar-refractivity contribution in [2.75, 3.05) is 6.61 Å². The van der Waals surface area contributed by atoms with Crippen molar-refractivity contribution in [3.8, 4) is 0 Å². The van der Waals surface area contributed by atoms with E-state index in [0.717, 1.165) is 12.8 Å². The van der Waals surface area contributed by atoms with Gasteiger partial charge in [-0.05, 0) is 31.2 Å². The van der Waals surface area contributed by atoms with E-state index in [1.165, 1.54) is 6.07 Å². The minimum Gasteiger partial charge on any atom is -0.396 e. The highest BCUT2D eigenvalue weighted by Gasteiger charge is 2.31. The number of halogens is 1. The molecule has 1 unspecified atom stereocenters. The first-order valence-electron chi connectivity index (χ1n) is 7.02. The van der Waals surface area contributed by atoms with Crippen LogP contribution in [0.15, 0.2) is 30.3 Å². The Morgan fingerprint density at radius 1 is 1.45 bits per heavy atom. The van der Waals surface area contributed by atoms with Crippen LogP contribution >= 0.6 is 0 Å². The number of hydrogen-bond acceptors (Lipinski definition) is 2. The number of nitrogens with one attached hydrogen (secondary N) is 1. The molecule has 1 aliphatic carbocycles. The third kappa shape index (κ3) is 4.46. The summed E-state index contributed by atoms with van der Waals surface area (Å²) < 4.78 is 13.4. The lowest BCUT2D eigenvalue weighted by atomic mass is 10.1. The molecule has 1 fully saturated rings. The molecule has 1 saturated carbocycles. The number of aliphatic hydroxyl groups excluding tert-OH is 1. The fourth-order valence-corrected chi connectivity index (χ4v) is 2.23. The van der Waals surface area contributed by atoms with Crippen LogP contribution in [-0.2, 0) is 4.79 Å². The lowest BCUT2D eigenvalue weighted by Crippen LogP contribution is -2.36. The molecular formula is C16H20FNO2. The van der Waals surface area contributed by atoms with Crippen molar-refractivity contribution in [2.24, 2.45) is 5.92 Å². The van der Waals surface area contributed by atoms with Gasteiger partial charge in [0.05, 0.1) is 0 Å². The molecule has 3 nitrogen and oxygen atoms in total. The Balaban J connectivity index is 1.81. The Labute approximate surface area is 118 Å². The van der Waals surface area contributed by atoms with E-state index in [1.807, 2.05) is 0 Å². The van der Waals surface area contributed by atoms with E-state index in [9.17, 15) is 9.18 Å². The predicted molar refractivity (Wildman–Crippen MR) is 76.4 cm³/mol. The van der Waals surface area contributed by atoms with Gasteiger partial charge < -0.3 is 10.4 Å². The Bertz CT molecular complexity index is 483.